The van der Waals surface area contributed by atoms with E-state index in [1.165, 1.54) is 20.1 Å². The molecule has 1 fully saturated rings. The molecule has 1 saturated heterocycles. The summed E-state index contributed by atoms with van der Waals surface area (Å²) in [5.41, 5.74) is 4.87. The zero-order chi connectivity index (χ0) is 23.6. The predicted octanol–water partition coefficient (Wildman–Crippen LogP) is 1.02. The van der Waals surface area contributed by atoms with E-state index in [4.69, 9.17) is 16.3 Å². The molecular formula is C20H30Cl2N6O5. The van der Waals surface area contributed by atoms with Crippen molar-refractivity contribution in [1.29, 1.82) is 0 Å². The minimum Gasteiger partial charge on any atom is -0.459 e. The largest absolute Gasteiger partial charge is 0.459 e. The van der Waals surface area contributed by atoms with E-state index < -0.39 is 47.5 Å². The SMILES string of the molecule is CC(=O)N(CC(N)C(=O)OC(C)(C)C)N1C(=O)NC(C)(c2ccc(C=NN)cc2)C1=O.Cl.Cl. The van der Waals surface area contributed by atoms with Crippen molar-refractivity contribution in [3.63, 3.8) is 0 Å². The Labute approximate surface area is 204 Å². The third-order valence-electron chi connectivity index (χ3n) is 4.57. The van der Waals surface area contributed by atoms with Gasteiger partial charge in [0.05, 0.1) is 12.8 Å². The number of hydrazone groups is 1. The highest BCUT2D eigenvalue weighted by atomic mass is 35.5. The van der Waals surface area contributed by atoms with Gasteiger partial charge in [-0.3, -0.25) is 14.4 Å². The first-order valence-corrected chi connectivity index (χ1v) is 9.57. The third-order valence-corrected chi connectivity index (χ3v) is 4.57. The summed E-state index contributed by atoms with van der Waals surface area (Å²) in [6, 6.07) is 4.57. The Balaban J connectivity index is 0.00000512. The molecule has 1 heterocycles. The van der Waals surface area contributed by atoms with Crippen LogP contribution in [0.3, 0.4) is 0 Å². The number of benzene rings is 1. The van der Waals surface area contributed by atoms with Gasteiger partial charge in [-0.2, -0.15) is 10.1 Å². The van der Waals surface area contributed by atoms with E-state index >= 15 is 0 Å². The summed E-state index contributed by atoms with van der Waals surface area (Å²) in [6.45, 7) is 7.30. The van der Waals surface area contributed by atoms with Crippen LogP contribution < -0.4 is 16.9 Å². The Morgan fingerprint density at radius 3 is 2.24 bits per heavy atom. The second-order valence-corrected chi connectivity index (χ2v) is 8.31. The fraction of sp³-hybridized carbons (Fsp3) is 0.450. The van der Waals surface area contributed by atoms with E-state index in [0.29, 0.717) is 16.1 Å². The lowest BCUT2D eigenvalue weighted by atomic mass is 9.91. The van der Waals surface area contributed by atoms with Gasteiger partial charge in [-0.15, -0.1) is 24.8 Å². The van der Waals surface area contributed by atoms with Gasteiger partial charge in [0, 0.05) is 6.92 Å². The minimum absolute atomic E-state index is 0. The zero-order valence-corrected chi connectivity index (χ0v) is 20.7. The van der Waals surface area contributed by atoms with Crippen LogP contribution in [0, 0.1) is 0 Å². The molecule has 0 radical (unpaired) electrons. The number of rotatable bonds is 6. The normalized spacial score (nSPS) is 18.8. The number of nitrogens with zero attached hydrogens (tertiary/aromatic N) is 3. The Kier molecular flexibility index (Phi) is 10.3. The lowest BCUT2D eigenvalue weighted by Crippen LogP contribution is -2.56. The van der Waals surface area contributed by atoms with Crippen molar-refractivity contribution in [2.75, 3.05) is 6.54 Å². The molecule has 5 N–H and O–H groups in total. The van der Waals surface area contributed by atoms with E-state index in [9.17, 15) is 19.2 Å². The van der Waals surface area contributed by atoms with Crippen LogP contribution in [0.1, 0.15) is 45.7 Å². The van der Waals surface area contributed by atoms with Crippen LogP contribution in [0.15, 0.2) is 29.4 Å². The molecule has 11 nitrogen and oxygen atoms in total. The fourth-order valence-corrected chi connectivity index (χ4v) is 3.02. The van der Waals surface area contributed by atoms with Crippen molar-refractivity contribution in [3.8, 4) is 0 Å². The molecule has 1 aromatic carbocycles. The van der Waals surface area contributed by atoms with Gasteiger partial charge in [0.15, 0.2) is 0 Å². The van der Waals surface area contributed by atoms with Gasteiger partial charge in [-0.25, -0.2) is 9.80 Å². The maximum absolute atomic E-state index is 13.2. The summed E-state index contributed by atoms with van der Waals surface area (Å²) in [6.07, 6.45) is 1.43. The topological polar surface area (TPSA) is 160 Å². The number of imide groups is 1. The number of carbonyl (C=O) groups excluding carboxylic acids is 4. The number of ether oxygens (including phenoxy) is 1. The van der Waals surface area contributed by atoms with Crippen molar-refractivity contribution >= 4 is 54.8 Å². The summed E-state index contributed by atoms with van der Waals surface area (Å²) in [5.74, 6) is 3.05. The average molecular weight is 505 g/mol. The van der Waals surface area contributed by atoms with E-state index in [2.05, 4.69) is 10.4 Å². The average Bonchev–Trinajstić information content (AvgIpc) is 2.88. The second-order valence-electron chi connectivity index (χ2n) is 8.31. The fourth-order valence-electron chi connectivity index (χ4n) is 3.02. The van der Waals surface area contributed by atoms with Crippen molar-refractivity contribution in [1.82, 2.24) is 15.3 Å². The Hall–Kier alpha value is -2.89. The van der Waals surface area contributed by atoms with Gasteiger partial charge in [0.2, 0.25) is 5.91 Å². The molecule has 1 aliphatic rings. The molecule has 2 atom stereocenters. The van der Waals surface area contributed by atoms with Crippen LogP contribution in [0.2, 0.25) is 0 Å². The number of carbonyl (C=O) groups is 4. The predicted molar refractivity (Wildman–Crippen MR) is 127 cm³/mol. The number of urea groups is 1. The lowest BCUT2D eigenvalue weighted by molar-refractivity contribution is -0.163. The molecule has 0 spiro atoms. The molecule has 13 heteroatoms. The quantitative estimate of drug-likeness (QED) is 0.171. The van der Waals surface area contributed by atoms with Crippen molar-refractivity contribution in [2.24, 2.45) is 16.7 Å². The molecular weight excluding hydrogens is 475 g/mol. The number of esters is 1. The molecule has 33 heavy (non-hydrogen) atoms. The maximum Gasteiger partial charge on any atom is 0.344 e. The van der Waals surface area contributed by atoms with E-state index in [0.717, 1.165) is 5.01 Å². The number of amides is 4. The number of nitrogens with one attached hydrogen (secondary N) is 1. The lowest BCUT2D eigenvalue weighted by Gasteiger charge is -2.31. The molecule has 0 aliphatic carbocycles. The van der Waals surface area contributed by atoms with E-state index in [1.807, 2.05) is 0 Å². The molecule has 1 aliphatic heterocycles. The van der Waals surface area contributed by atoms with Gasteiger partial charge in [-0.05, 0) is 38.8 Å². The summed E-state index contributed by atoms with van der Waals surface area (Å²) in [7, 11) is 0. The van der Waals surface area contributed by atoms with Crippen LogP contribution in [-0.4, -0.2) is 58.2 Å². The maximum atomic E-state index is 13.2. The molecule has 4 amide bonds. The van der Waals surface area contributed by atoms with Crippen LogP contribution in [0.5, 0.6) is 0 Å². The third kappa shape index (κ3) is 6.80. The molecule has 2 rings (SSSR count). The Morgan fingerprint density at radius 1 is 1.24 bits per heavy atom. The standard InChI is InChI=1S/C20H28N6O5.2ClH/c1-12(27)25(11-15(21)16(28)31-19(2,3)4)26-17(29)20(5,24-18(26)30)14-8-6-13(7-9-14)10-23-22;;/h6-10,15H,11,21-22H2,1-5H3,(H,24,30);2*1H. The summed E-state index contributed by atoms with van der Waals surface area (Å²) >= 11 is 0. The van der Waals surface area contributed by atoms with Gasteiger partial charge in [0.1, 0.15) is 17.2 Å². The van der Waals surface area contributed by atoms with Crippen LogP contribution >= 0.6 is 24.8 Å². The molecule has 184 valence electrons. The van der Waals surface area contributed by atoms with Crippen molar-refractivity contribution in [2.45, 2.75) is 51.8 Å². The number of nitrogens with two attached hydrogens (primary N) is 2. The van der Waals surface area contributed by atoms with Crippen molar-refractivity contribution in [3.05, 3.63) is 35.4 Å². The molecule has 0 bridgehead atoms. The zero-order valence-electron chi connectivity index (χ0n) is 19.0. The van der Waals surface area contributed by atoms with Crippen LogP contribution in [-0.2, 0) is 24.7 Å². The van der Waals surface area contributed by atoms with Crippen molar-refractivity contribution < 1.29 is 23.9 Å². The highest BCUT2D eigenvalue weighted by molar-refractivity contribution is 6.08. The number of hydrazine groups is 1. The first kappa shape index (κ1) is 30.1. The number of hydrogen-bond donors (Lipinski definition) is 3. The number of hydrogen-bond acceptors (Lipinski definition) is 8. The van der Waals surface area contributed by atoms with Crippen LogP contribution in [0.25, 0.3) is 0 Å². The Morgan fingerprint density at radius 2 is 1.79 bits per heavy atom. The summed E-state index contributed by atoms with van der Waals surface area (Å²) < 4.78 is 5.21. The molecule has 0 aromatic heterocycles. The first-order valence-electron chi connectivity index (χ1n) is 9.57. The molecule has 0 saturated carbocycles. The highest BCUT2D eigenvalue weighted by Gasteiger charge is 2.52. The number of halogens is 2. The van der Waals surface area contributed by atoms with Gasteiger partial charge < -0.3 is 21.6 Å². The second kappa shape index (κ2) is 11.3. The smallest absolute Gasteiger partial charge is 0.344 e. The molecule has 2 unspecified atom stereocenters. The monoisotopic (exact) mass is 504 g/mol. The van der Waals surface area contributed by atoms with Gasteiger partial charge in [0.25, 0.3) is 5.91 Å². The molecule has 1 aromatic rings. The van der Waals surface area contributed by atoms with E-state index in [-0.39, 0.29) is 24.8 Å². The van der Waals surface area contributed by atoms with E-state index in [1.54, 1.807) is 45.0 Å². The first-order chi connectivity index (χ1) is 14.3. The minimum atomic E-state index is -1.43. The Bertz CT molecular complexity index is 919. The van der Waals surface area contributed by atoms with Crippen LogP contribution in [0.4, 0.5) is 4.79 Å². The summed E-state index contributed by atoms with van der Waals surface area (Å²) in [4.78, 5) is 50.4. The van der Waals surface area contributed by atoms with Gasteiger partial charge in [-0.1, -0.05) is 24.3 Å². The highest BCUT2D eigenvalue weighted by Crippen LogP contribution is 2.30. The van der Waals surface area contributed by atoms with Gasteiger partial charge >= 0.3 is 12.0 Å². The summed E-state index contributed by atoms with van der Waals surface area (Å²) in [5, 5.41) is 7.54.